The highest BCUT2D eigenvalue weighted by Crippen LogP contribution is 2.25. The van der Waals surface area contributed by atoms with Crippen LogP contribution in [-0.2, 0) is 19.8 Å². The second-order valence-electron chi connectivity index (χ2n) is 5.62. The van der Waals surface area contributed by atoms with Crippen molar-refractivity contribution in [3.05, 3.63) is 0 Å². The maximum Gasteiger partial charge on any atom is 0.306 e. The van der Waals surface area contributed by atoms with Crippen LogP contribution in [0.15, 0.2) is 0 Å². The SMILES string of the molecule is NC(=O)C1CCCN(S(=O)(=O)N2CCC(C(=O)O)CC2)C1. The van der Waals surface area contributed by atoms with Crippen LogP contribution in [0.1, 0.15) is 25.7 Å². The second kappa shape index (κ2) is 6.29. The van der Waals surface area contributed by atoms with E-state index in [9.17, 15) is 18.0 Å². The fourth-order valence-electron chi connectivity index (χ4n) is 2.88. The third-order valence-corrected chi connectivity index (χ3v) is 6.24. The first kappa shape index (κ1) is 16.2. The summed E-state index contributed by atoms with van der Waals surface area (Å²) < 4.78 is 27.7. The average Bonchev–Trinajstić information content (AvgIpc) is 2.47. The minimum absolute atomic E-state index is 0.122. The molecule has 0 aromatic rings. The van der Waals surface area contributed by atoms with E-state index in [2.05, 4.69) is 0 Å². The molecule has 0 aliphatic carbocycles. The van der Waals surface area contributed by atoms with Crippen LogP contribution in [0, 0.1) is 11.8 Å². The van der Waals surface area contributed by atoms with Gasteiger partial charge in [0.15, 0.2) is 0 Å². The summed E-state index contributed by atoms with van der Waals surface area (Å²) >= 11 is 0. The Morgan fingerprint density at radius 1 is 1.00 bits per heavy atom. The normalized spacial score (nSPS) is 26.6. The smallest absolute Gasteiger partial charge is 0.306 e. The van der Waals surface area contributed by atoms with Gasteiger partial charge in [-0.15, -0.1) is 0 Å². The first-order chi connectivity index (χ1) is 9.82. The number of carboxylic acids is 1. The number of hydrogen-bond donors (Lipinski definition) is 2. The van der Waals surface area contributed by atoms with Crippen LogP contribution in [0.25, 0.3) is 0 Å². The Labute approximate surface area is 124 Å². The number of piperidine rings is 2. The lowest BCUT2D eigenvalue weighted by atomic mass is 9.99. The zero-order valence-corrected chi connectivity index (χ0v) is 12.6. The van der Waals surface area contributed by atoms with Crippen LogP contribution in [-0.4, -0.2) is 60.2 Å². The van der Waals surface area contributed by atoms with Crippen LogP contribution in [0.3, 0.4) is 0 Å². The van der Waals surface area contributed by atoms with Crippen molar-refractivity contribution < 1.29 is 23.1 Å². The van der Waals surface area contributed by atoms with Gasteiger partial charge >= 0.3 is 5.97 Å². The summed E-state index contributed by atoms with van der Waals surface area (Å²) in [7, 11) is -3.63. The maximum absolute atomic E-state index is 12.5. The molecule has 0 radical (unpaired) electrons. The van der Waals surface area contributed by atoms with E-state index in [-0.39, 0.29) is 19.6 Å². The van der Waals surface area contributed by atoms with Gasteiger partial charge in [-0.3, -0.25) is 9.59 Å². The van der Waals surface area contributed by atoms with Gasteiger partial charge in [0, 0.05) is 26.2 Å². The number of nitrogens with two attached hydrogens (primary N) is 1. The predicted molar refractivity (Wildman–Crippen MR) is 74.3 cm³/mol. The highest BCUT2D eigenvalue weighted by molar-refractivity contribution is 7.86. The Hall–Kier alpha value is -1.19. The molecule has 21 heavy (non-hydrogen) atoms. The minimum atomic E-state index is -3.63. The standard InChI is InChI=1S/C12H21N3O5S/c13-11(16)10-2-1-5-15(8-10)21(19,20)14-6-3-9(4-7-14)12(17)18/h9-10H,1-8H2,(H2,13,16)(H,17,18). The minimum Gasteiger partial charge on any atom is -0.481 e. The summed E-state index contributed by atoms with van der Waals surface area (Å²) in [6, 6.07) is 0. The Kier molecular flexibility index (Phi) is 4.84. The van der Waals surface area contributed by atoms with E-state index < -0.39 is 33.9 Å². The van der Waals surface area contributed by atoms with E-state index in [1.165, 1.54) is 8.61 Å². The van der Waals surface area contributed by atoms with Crippen LogP contribution < -0.4 is 5.73 Å². The largest absolute Gasteiger partial charge is 0.481 e. The van der Waals surface area contributed by atoms with E-state index in [1.54, 1.807) is 0 Å². The summed E-state index contributed by atoms with van der Waals surface area (Å²) in [4.78, 5) is 22.1. The molecule has 0 spiro atoms. The molecule has 2 aliphatic rings. The van der Waals surface area contributed by atoms with E-state index in [4.69, 9.17) is 10.8 Å². The van der Waals surface area contributed by atoms with Crippen LogP contribution in [0.4, 0.5) is 0 Å². The number of hydrogen-bond acceptors (Lipinski definition) is 4. The fourth-order valence-corrected chi connectivity index (χ4v) is 4.61. The summed E-state index contributed by atoms with van der Waals surface area (Å²) in [5.74, 6) is -2.26. The Morgan fingerprint density at radius 2 is 1.62 bits per heavy atom. The zero-order valence-electron chi connectivity index (χ0n) is 11.8. The van der Waals surface area contributed by atoms with Gasteiger partial charge in [0.05, 0.1) is 11.8 Å². The van der Waals surface area contributed by atoms with Crippen molar-refractivity contribution in [1.29, 1.82) is 0 Å². The van der Waals surface area contributed by atoms with Crippen molar-refractivity contribution in [2.24, 2.45) is 17.6 Å². The molecule has 8 nitrogen and oxygen atoms in total. The molecule has 2 rings (SSSR count). The molecule has 1 amide bonds. The van der Waals surface area contributed by atoms with Crippen molar-refractivity contribution in [2.45, 2.75) is 25.7 Å². The van der Waals surface area contributed by atoms with Crippen molar-refractivity contribution in [2.75, 3.05) is 26.2 Å². The average molecular weight is 319 g/mol. The second-order valence-corrected chi connectivity index (χ2v) is 7.55. The summed E-state index contributed by atoms with van der Waals surface area (Å²) in [5, 5.41) is 8.94. The lowest BCUT2D eigenvalue weighted by molar-refractivity contribution is -0.143. The third-order valence-electron chi connectivity index (χ3n) is 4.24. The molecule has 9 heteroatoms. The van der Waals surface area contributed by atoms with E-state index in [0.717, 1.165) is 0 Å². The lowest BCUT2D eigenvalue weighted by Gasteiger charge is -2.36. The zero-order chi connectivity index (χ0) is 15.6. The molecule has 0 aromatic heterocycles. The van der Waals surface area contributed by atoms with Gasteiger partial charge in [-0.25, -0.2) is 0 Å². The molecular weight excluding hydrogens is 298 g/mol. The number of nitrogens with zero attached hydrogens (tertiary/aromatic N) is 2. The summed E-state index contributed by atoms with van der Waals surface area (Å²) in [6.07, 6.45) is 1.87. The van der Waals surface area contributed by atoms with Crippen molar-refractivity contribution in [1.82, 2.24) is 8.61 Å². The molecule has 2 heterocycles. The molecule has 1 atom stereocenters. The van der Waals surface area contributed by atoms with Crippen LogP contribution >= 0.6 is 0 Å². The van der Waals surface area contributed by atoms with Gasteiger partial charge in [0.25, 0.3) is 10.2 Å². The molecule has 1 unspecified atom stereocenters. The number of carboxylic acid groups (broad SMARTS) is 1. The van der Waals surface area contributed by atoms with Gasteiger partial charge in [0.1, 0.15) is 0 Å². The van der Waals surface area contributed by atoms with Crippen molar-refractivity contribution in [3.8, 4) is 0 Å². The number of rotatable bonds is 4. The molecule has 2 saturated heterocycles. The quantitative estimate of drug-likeness (QED) is 0.704. The maximum atomic E-state index is 12.5. The molecule has 2 fully saturated rings. The summed E-state index contributed by atoms with van der Waals surface area (Å²) in [5.41, 5.74) is 5.26. The Bertz CT molecular complexity index is 513. The van der Waals surface area contributed by atoms with Crippen molar-refractivity contribution >= 4 is 22.1 Å². The number of carbonyl (C=O) groups is 2. The van der Waals surface area contributed by atoms with Gasteiger partial charge in [-0.1, -0.05) is 0 Å². The first-order valence-electron chi connectivity index (χ1n) is 7.09. The highest BCUT2D eigenvalue weighted by atomic mass is 32.2. The lowest BCUT2D eigenvalue weighted by Crippen LogP contribution is -2.52. The first-order valence-corrected chi connectivity index (χ1v) is 8.49. The molecule has 120 valence electrons. The third kappa shape index (κ3) is 3.53. The molecule has 0 saturated carbocycles. The number of primary amides is 1. The van der Waals surface area contributed by atoms with E-state index in [1.807, 2.05) is 0 Å². The molecule has 0 bridgehead atoms. The number of amides is 1. The van der Waals surface area contributed by atoms with Gasteiger partial charge in [0.2, 0.25) is 5.91 Å². The topological polar surface area (TPSA) is 121 Å². The fraction of sp³-hybridized carbons (Fsp3) is 0.833. The monoisotopic (exact) mass is 319 g/mol. The van der Waals surface area contributed by atoms with E-state index in [0.29, 0.717) is 32.2 Å². The van der Waals surface area contributed by atoms with Crippen molar-refractivity contribution in [3.63, 3.8) is 0 Å². The Morgan fingerprint density at radius 3 is 2.14 bits per heavy atom. The van der Waals surface area contributed by atoms with Crippen LogP contribution in [0.2, 0.25) is 0 Å². The molecule has 2 aliphatic heterocycles. The Balaban J connectivity index is 2.02. The van der Waals surface area contributed by atoms with Crippen LogP contribution in [0.5, 0.6) is 0 Å². The molecule has 0 aromatic carbocycles. The predicted octanol–water partition coefficient (Wildman–Crippen LogP) is -0.775. The van der Waals surface area contributed by atoms with E-state index >= 15 is 0 Å². The number of carbonyl (C=O) groups excluding carboxylic acids is 1. The number of aliphatic carboxylic acids is 1. The summed E-state index contributed by atoms with van der Waals surface area (Å²) in [6.45, 7) is 0.912. The highest BCUT2D eigenvalue weighted by Gasteiger charge is 2.37. The molecular formula is C12H21N3O5S. The van der Waals surface area contributed by atoms with Gasteiger partial charge < -0.3 is 10.8 Å². The van der Waals surface area contributed by atoms with Gasteiger partial charge in [-0.2, -0.15) is 17.0 Å². The molecule has 3 N–H and O–H groups in total. The van der Waals surface area contributed by atoms with Gasteiger partial charge in [-0.05, 0) is 25.7 Å².